The highest BCUT2D eigenvalue weighted by Gasteiger charge is 2.28. The van der Waals surface area contributed by atoms with E-state index in [2.05, 4.69) is 10.5 Å². The van der Waals surface area contributed by atoms with Crippen molar-refractivity contribution in [3.63, 3.8) is 0 Å². The van der Waals surface area contributed by atoms with Gasteiger partial charge in [-0.2, -0.15) is 0 Å². The molecule has 0 radical (unpaired) electrons. The molecular formula is C21H20N2O6. The van der Waals surface area contributed by atoms with Gasteiger partial charge in [-0.1, -0.05) is 23.4 Å². The molecule has 1 aromatic heterocycles. The van der Waals surface area contributed by atoms with Crippen LogP contribution in [-0.2, 0) is 4.79 Å². The van der Waals surface area contributed by atoms with Crippen LogP contribution in [0, 0.1) is 0 Å². The van der Waals surface area contributed by atoms with Crippen LogP contribution in [0.25, 0.3) is 11.3 Å². The van der Waals surface area contributed by atoms with Crippen molar-refractivity contribution in [3.8, 4) is 22.8 Å². The van der Waals surface area contributed by atoms with Crippen LogP contribution >= 0.6 is 0 Å². The maximum absolute atomic E-state index is 12.2. The molecule has 3 aromatic rings. The molecule has 0 aliphatic carbocycles. The van der Waals surface area contributed by atoms with E-state index in [-0.39, 0.29) is 23.6 Å². The molecule has 0 aliphatic rings. The molecule has 0 bridgehead atoms. The number of benzene rings is 2. The van der Waals surface area contributed by atoms with Crippen LogP contribution in [0.1, 0.15) is 29.1 Å². The Morgan fingerprint density at radius 3 is 2.41 bits per heavy atom. The van der Waals surface area contributed by atoms with Gasteiger partial charge >= 0.3 is 5.97 Å². The van der Waals surface area contributed by atoms with Gasteiger partial charge in [-0.25, -0.2) is 4.79 Å². The van der Waals surface area contributed by atoms with Crippen LogP contribution in [0.5, 0.6) is 11.5 Å². The van der Waals surface area contributed by atoms with Crippen LogP contribution in [0.4, 0.5) is 0 Å². The fraction of sp³-hybridized carbons (Fsp3) is 0.190. The molecule has 0 fully saturated rings. The van der Waals surface area contributed by atoms with Crippen molar-refractivity contribution in [2.24, 2.45) is 0 Å². The summed E-state index contributed by atoms with van der Waals surface area (Å²) in [6, 6.07) is 14.9. The summed E-state index contributed by atoms with van der Waals surface area (Å²) in [6.45, 7) is 1.40. The number of aromatic nitrogens is 1. The number of ether oxygens (including phenoxy) is 2. The third-order valence-electron chi connectivity index (χ3n) is 4.18. The summed E-state index contributed by atoms with van der Waals surface area (Å²) < 4.78 is 15.8. The molecule has 8 nitrogen and oxygen atoms in total. The Hall–Kier alpha value is -3.81. The van der Waals surface area contributed by atoms with Crippen molar-refractivity contribution < 1.29 is 28.7 Å². The second kappa shape index (κ2) is 8.92. The zero-order chi connectivity index (χ0) is 20.8. The Bertz CT molecular complexity index is 982. The van der Waals surface area contributed by atoms with E-state index in [4.69, 9.17) is 14.0 Å². The van der Waals surface area contributed by atoms with Crippen LogP contribution in [0.3, 0.4) is 0 Å². The molecule has 1 amide bonds. The average molecular weight is 396 g/mol. The highest BCUT2D eigenvalue weighted by molar-refractivity contribution is 5.96. The molecular weight excluding hydrogens is 376 g/mol. The van der Waals surface area contributed by atoms with E-state index < -0.39 is 17.9 Å². The van der Waals surface area contributed by atoms with Gasteiger partial charge in [-0.3, -0.25) is 4.79 Å². The van der Waals surface area contributed by atoms with Crippen LogP contribution < -0.4 is 14.8 Å². The molecule has 2 aromatic carbocycles. The molecule has 2 N–H and O–H groups in total. The predicted molar refractivity (Wildman–Crippen MR) is 104 cm³/mol. The lowest BCUT2D eigenvalue weighted by Gasteiger charge is -2.12. The number of carbonyl (C=O) groups is 2. The molecule has 8 heteroatoms. The molecule has 3 rings (SSSR count). The molecule has 0 spiro atoms. The zero-order valence-corrected chi connectivity index (χ0v) is 15.9. The number of methoxy groups -OCH3 is 1. The Morgan fingerprint density at radius 2 is 1.79 bits per heavy atom. The van der Waals surface area contributed by atoms with Gasteiger partial charge < -0.3 is 24.4 Å². The molecule has 0 aliphatic heterocycles. The van der Waals surface area contributed by atoms with Crippen molar-refractivity contribution in [2.75, 3.05) is 13.7 Å². The number of amides is 1. The number of aromatic carboxylic acids is 1. The average Bonchev–Trinajstić information content (AvgIpc) is 3.19. The summed E-state index contributed by atoms with van der Waals surface area (Å²) in [4.78, 5) is 24.0. The van der Waals surface area contributed by atoms with Crippen LogP contribution in [0.2, 0.25) is 0 Å². The topological polar surface area (TPSA) is 111 Å². The van der Waals surface area contributed by atoms with Crippen molar-refractivity contribution in [3.05, 3.63) is 65.9 Å². The first kappa shape index (κ1) is 19.9. The molecule has 29 heavy (non-hydrogen) atoms. The van der Waals surface area contributed by atoms with Gasteiger partial charge in [-0.05, 0) is 43.3 Å². The predicted octanol–water partition coefficient (Wildman–Crippen LogP) is 3.30. The Kier molecular flexibility index (Phi) is 6.13. The first-order valence-corrected chi connectivity index (χ1v) is 8.84. The largest absolute Gasteiger partial charge is 0.497 e. The highest BCUT2D eigenvalue weighted by Crippen LogP contribution is 2.30. The van der Waals surface area contributed by atoms with E-state index in [0.29, 0.717) is 17.1 Å². The normalized spacial score (nSPS) is 11.5. The van der Waals surface area contributed by atoms with Crippen molar-refractivity contribution in [1.82, 2.24) is 10.5 Å². The summed E-state index contributed by atoms with van der Waals surface area (Å²) in [5.74, 6) is -0.374. The second-order valence-electron chi connectivity index (χ2n) is 6.20. The lowest BCUT2D eigenvalue weighted by Crippen LogP contribution is -2.31. The molecule has 1 atom stereocenters. The van der Waals surface area contributed by atoms with Crippen molar-refractivity contribution in [1.29, 1.82) is 0 Å². The van der Waals surface area contributed by atoms with E-state index in [1.54, 1.807) is 55.5 Å². The third-order valence-corrected chi connectivity index (χ3v) is 4.18. The molecule has 1 unspecified atom stereocenters. The van der Waals surface area contributed by atoms with Crippen molar-refractivity contribution in [2.45, 2.75) is 13.0 Å². The van der Waals surface area contributed by atoms with Gasteiger partial charge in [0.15, 0.2) is 12.4 Å². The van der Waals surface area contributed by atoms with E-state index in [0.717, 1.165) is 0 Å². The molecule has 0 saturated carbocycles. The zero-order valence-electron chi connectivity index (χ0n) is 15.9. The number of rotatable bonds is 8. The first-order chi connectivity index (χ1) is 14.0. The summed E-state index contributed by atoms with van der Waals surface area (Å²) in [5.41, 5.74) is 0.632. The molecule has 150 valence electrons. The third kappa shape index (κ3) is 4.73. The Labute approximate surface area is 167 Å². The van der Waals surface area contributed by atoms with Crippen LogP contribution in [-0.4, -0.2) is 35.9 Å². The number of nitrogens with one attached hydrogen (secondary N) is 1. The highest BCUT2D eigenvalue weighted by atomic mass is 16.5. The lowest BCUT2D eigenvalue weighted by molar-refractivity contribution is -0.123. The SMILES string of the molecule is COc1ccc(-c2noc(C(C)NC(=O)COc3ccccc3)c2C(=O)O)cc1. The molecule has 0 saturated heterocycles. The quantitative estimate of drug-likeness (QED) is 0.601. The summed E-state index contributed by atoms with van der Waals surface area (Å²) >= 11 is 0. The van der Waals surface area contributed by atoms with E-state index >= 15 is 0 Å². The number of para-hydroxylation sites is 1. The van der Waals surface area contributed by atoms with Gasteiger partial charge in [-0.15, -0.1) is 0 Å². The fourth-order valence-corrected chi connectivity index (χ4v) is 2.77. The van der Waals surface area contributed by atoms with E-state index in [1.165, 1.54) is 7.11 Å². The van der Waals surface area contributed by atoms with Gasteiger partial charge in [0, 0.05) is 5.56 Å². The Balaban J connectivity index is 1.74. The number of nitrogens with zero attached hydrogens (tertiary/aromatic N) is 1. The number of carbonyl (C=O) groups excluding carboxylic acids is 1. The first-order valence-electron chi connectivity index (χ1n) is 8.84. The fourth-order valence-electron chi connectivity index (χ4n) is 2.77. The standard InChI is InChI=1S/C21H20N2O6/c1-13(22-17(24)12-28-16-6-4-3-5-7-16)20-18(21(25)26)19(23-29-20)14-8-10-15(27-2)11-9-14/h3-11,13H,12H2,1-2H3,(H,22,24)(H,25,26). The summed E-state index contributed by atoms with van der Waals surface area (Å²) in [7, 11) is 1.54. The number of hydrogen-bond acceptors (Lipinski definition) is 6. The maximum Gasteiger partial charge on any atom is 0.341 e. The van der Waals surface area contributed by atoms with Crippen LogP contribution in [0.15, 0.2) is 59.1 Å². The summed E-state index contributed by atoms with van der Waals surface area (Å²) in [6.07, 6.45) is 0. The van der Waals surface area contributed by atoms with E-state index in [1.807, 2.05) is 6.07 Å². The minimum atomic E-state index is -1.20. The van der Waals surface area contributed by atoms with Crippen molar-refractivity contribution >= 4 is 11.9 Å². The second-order valence-corrected chi connectivity index (χ2v) is 6.20. The van der Waals surface area contributed by atoms with Gasteiger partial charge in [0.25, 0.3) is 5.91 Å². The van der Waals surface area contributed by atoms with Gasteiger partial charge in [0.1, 0.15) is 22.8 Å². The minimum Gasteiger partial charge on any atom is -0.497 e. The monoisotopic (exact) mass is 396 g/mol. The Morgan fingerprint density at radius 1 is 1.10 bits per heavy atom. The number of carboxylic acid groups (broad SMARTS) is 1. The minimum absolute atomic E-state index is 0.0522. The summed E-state index contributed by atoms with van der Waals surface area (Å²) in [5, 5.41) is 16.2. The number of hydrogen-bond donors (Lipinski definition) is 2. The maximum atomic E-state index is 12.2. The van der Waals surface area contributed by atoms with Gasteiger partial charge in [0.05, 0.1) is 13.2 Å². The smallest absolute Gasteiger partial charge is 0.341 e. The molecule has 1 heterocycles. The number of carboxylic acids is 1. The van der Waals surface area contributed by atoms with E-state index in [9.17, 15) is 14.7 Å². The van der Waals surface area contributed by atoms with Gasteiger partial charge in [0.2, 0.25) is 0 Å². The lowest BCUT2D eigenvalue weighted by atomic mass is 10.0.